The number of hydrogen-bond acceptors (Lipinski definition) is 2. The van der Waals surface area contributed by atoms with Crippen molar-refractivity contribution < 1.29 is 4.79 Å². The summed E-state index contributed by atoms with van der Waals surface area (Å²) in [7, 11) is 0. The van der Waals surface area contributed by atoms with Gasteiger partial charge in [-0.25, -0.2) is 0 Å². The molecule has 2 N–H and O–H groups in total. The van der Waals surface area contributed by atoms with E-state index < -0.39 is 0 Å². The Kier molecular flexibility index (Phi) is 4.61. The van der Waals surface area contributed by atoms with Gasteiger partial charge in [0.1, 0.15) is 0 Å². The van der Waals surface area contributed by atoms with Gasteiger partial charge >= 0.3 is 0 Å². The van der Waals surface area contributed by atoms with Gasteiger partial charge in [0.2, 0.25) is 5.91 Å². The molecule has 1 atom stereocenters. The number of amides is 1. The molecule has 0 bridgehead atoms. The molecule has 0 aromatic heterocycles. The molecule has 0 radical (unpaired) electrons. The fourth-order valence-electron chi connectivity index (χ4n) is 2.15. The first-order valence-electron chi connectivity index (χ1n) is 6.44. The summed E-state index contributed by atoms with van der Waals surface area (Å²) in [5.41, 5.74) is 1.07. The van der Waals surface area contributed by atoms with Crippen LogP contribution >= 0.6 is 11.6 Å². The second kappa shape index (κ2) is 6.21. The van der Waals surface area contributed by atoms with Crippen molar-refractivity contribution in [2.75, 3.05) is 13.1 Å². The fourth-order valence-corrected chi connectivity index (χ4v) is 2.35. The SMILES string of the molecule is CCC(NC(=O)CC1CNC1)c1cccc(Cl)c1. The maximum Gasteiger partial charge on any atom is 0.220 e. The molecule has 1 aromatic carbocycles. The number of hydrogen-bond donors (Lipinski definition) is 2. The van der Waals surface area contributed by atoms with E-state index in [1.165, 1.54) is 0 Å². The zero-order valence-corrected chi connectivity index (χ0v) is 11.3. The fraction of sp³-hybridized carbons (Fsp3) is 0.500. The number of carbonyl (C=O) groups excluding carboxylic acids is 1. The Balaban J connectivity index is 1.93. The van der Waals surface area contributed by atoms with E-state index in [1.54, 1.807) is 0 Å². The Hall–Kier alpha value is -1.06. The molecule has 18 heavy (non-hydrogen) atoms. The molecular formula is C14H19ClN2O. The lowest BCUT2D eigenvalue weighted by Crippen LogP contribution is -2.44. The largest absolute Gasteiger partial charge is 0.349 e. The van der Waals surface area contributed by atoms with E-state index in [-0.39, 0.29) is 11.9 Å². The topological polar surface area (TPSA) is 41.1 Å². The standard InChI is InChI=1S/C14H19ClN2O/c1-2-13(11-4-3-5-12(15)7-11)17-14(18)6-10-8-16-9-10/h3-5,7,10,13,16H,2,6,8-9H2,1H3,(H,17,18). The Morgan fingerprint density at radius 3 is 2.89 bits per heavy atom. The average molecular weight is 267 g/mol. The van der Waals surface area contributed by atoms with Crippen LogP contribution in [-0.2, 0) is 4.79 Å². The maximum atomic E-state index is 11.9. The van der Waals surface area contributed by atoms with E-state index in [1.807, 2.05) is 24.3 Å². The minimum Gasteiger partial charge on any atom is -0.349 e. The van der Waals surface area contributed by atoms with Crippen molar-refractivity contribution in [3.8, 4) is 0 Å². The number of benzene rings is 1. The predicted octanol–water partition coefficient (Wildman–Crippen LogP) is 2.52. The molecule has 0 aliphatic carbocycles. The minimum absolute atomic E-state index is 0.0595. The maximum absolute atomic E-state index is 11.9. The molecule has 1 unspecified atom stereocenters. The highest BCUT2D eigenvalue weighted by Crippen LogP contribution is 2.21. The first-order chi connectivity index (χ1) is 8.69. The normalized spacial score (nSPS) is 17.0. The van der Waals surface area contributed by atoms with Crippen LogP contribution in [0, 0.1) is 5.92 Å². The Morgan fingerprint density at radius 1 is 1.56 bits per heavy atom. The number of nitrogens with one attached hydrogen (secondary N) is 2. The molecule has 0 spiro atoms. The van der Waals surface area contributed by atoms with Crippen molar-refractivity contribution in [2.45, 2.75) is 25.8 Å². The van der Waals surface area contributed by atoms with Crippen LogP contribution in [0.1, 0.15) is 31.4 Å². The van der Waals surface area contributed by atoms with E-state index >= 15 is 0 Å². The van der Waals surface area contributed by atoms with E-state index in [2.05, 4.69) is 17.6 Å². The lowest BCUT2D eigenvalue weighted by atomic mass is 9.98. The zero-order valence-electron chi connectivity index (χ0n) is 10.6. The second-order valence-electron chi connectivity index (χ2n) is 4.81. The van der Waals surface area contributed by atoms with Crippen LogP contribution in [0.2, 0.25) is 5.02 Å². The average Bonchev–Trinajstić information content (AvgIpc) is 2.31. The molecule has 1 aliphatic heterocycles. The van der Waals surface area contributed by atoms with Crippen molar-refractivity contribution in [3.63, 3.8) is 0 Å². The van der Waals surface area contributed by atoms with E-state index in [0.717, 1.165) is 25.1 Å². The molecule has 3 nitrogen and oxygen atoms in total. The summed E-state index contributed by atoms with van der Waals surface area (Å²) in [4.78, 5) is 11.9. The second-order valence-corrected chi connectivity index (χ2v) is 5.25. The van der Waals surface area contributed by atoms with Crippen LogP contribution in [0.4, 0.5) is 0 Å². The van der Waals surface area contributed by atoms with Crippen LogP contribution in [0.5, 0.6) is 0 Å². The van der Waals surface area contributed by atoms with Gasteiger partial charge in [0.15, 0.2) is 0 Å². The van der Waals surface area contributed by atoms with Crippen molar-refractivity contribution in [1.82, 2.24) is 10.6 Å². The first kappa shape index (κ1) is 13.4. The third kappa shape index (κ3) is 3.47. The highest BCUT2D eigenvalue weighted by Gasteiger charge is 2.21. The lowest BCUT2D eigenvalue weighted by Gasteiger charge is -2.27. The van der Waals surface area contributed by atoms with Crippen LogP contribution in [-0.4, -0.2) is 19.0 Å². The summed E-state index contributed by atoms with van der Waals surface area (Å²) < 4.78 is 0. The zero-order chi connectivity index (χ0) is 13.0. The monoisotopic (exact) mass is 266 g/mol. The highest BCUT2D eigenvalue weighted by atomic mass is 35.5. The molecule has 1 heterocycles. The van der Waals surface area contributed by atoms with Gasteiger partial charge in [-0.1, -0.05) is 30.7 Å². The van der Waals surface area contributed by atoms with Gasteiger partial charge < -0.3 is 10.6 Å². The summed E-state index contributed by atoms with van der Waals surface area (Å²) in [6, 6.07) is 7.75. The summed E-state index contributed by atoms with van der Waals surface area (Å²) in [6.45, 7) is 3.99. The summed E-state index contributed by atoms with van der Waals surface area (Å²) >= 11 is 5.98. The van der Waals surface area contributed by atoms with Crippen LogP contribution in [0.3, 0.4) is 0 Å². The van der Waals surface area contributed by atoms with Gasteiger partial charge in [0.05, 0.1) is 6.04 Å². The van der Waals surface area contributed by atoms with Gasteiger partial charge in [0.25, 0.3) is 0 Å². The molecule has 1 amide bonds. The van der Waals surface area contributed by atoms with Crippen LogP contribution in [0.15, 0.2) is 24.3 Å². The molecule has 4 heteroatoms. The van der Waals surface area contributed by atoms with Crippen molar-refractivity contribution in [2.24, 2.45) is 5.92 Å². The quantitative estimate of drug-likeness (QED) is 0.860. The van der Waals surface area contributed by atoms with Gasteiger partial charge in [-0.15, -0.1) is 0 Å². The Labute approximate surface area is 113 Å². The Morgan fingerprint density at radius 2 is 2.33 bits per heavy atom. The van der Waals surface area contributed by atoms with Gasteiger partial charge in [-0.2, -0.15) is 0 Å². The van der Waals surface area contributed by atoms with Gasteiger partial charge in [-0.05, 0) is 43.1 Å². The first-order valence-corrected chi connectivity index (χ1v) is 6.82. The molecule has 1 saturated heterocycles. The molecule has 1 aliphatic rings. The van der Waals surface area contributed by atoms with E-state index in [9.17, 15) is 4.79 Å². The lowest BCUT2D eigenvalue weighted by molar-refractivity contribution is -0.123. The van der Waals surface area contributed by atoms with Crippen LogP contribution in [0.25, 0.3) is 0 Å². The molecule has 0 saturated carbocycles. The van der Waals surface area contributed by atoms with Gasteiger partial charge in [-0.3, -0.25) is 4.79 Å². The van der Waals surface area contributed by atoms with Gasteiger partial charge in [0, 0.05) is 11.4 Å². The third-order valence-electron chi connectivity index (χ3n) is 3.33. The Bertz CT molecular complexity index is 418. The molecule has 2 rings (SSSR count). The predicted molar refractivity (Wildman–Crippen MR) is 73.6 cm³/mol. The third-order valence-corrected chi connectivity index (χ3v) is 3.57. The number of carbonyl (C=O) groups is 1. The molecule has 98 valence electrons. The van der Waals surface area contributed by atoms with Crippen molar-refractivity contribution in [1.29, 1.82) is 0 Å². The highest BCUT2D eigenvalue weighted by molar-refractivity contribution is 6.30. The number of rotatable bonds is 5. The smallest absolute Gasteiger partial charge is 0.220 e. The molecular weight excluding hydrogens is 248 g/mol. The molecule has 1 aromatic rings. The number of halogens is 1. The summed E-state index contributed by atoms with van der Waals surface area (Å²) in [6.07, 6.45) is 1.49. The minimum atomic E-state index is 0.0595. The summed E-state index contributed by atoms with van der Waals surface area (Å²) in [5, 5.41) is 6.97. The van der Waals surface area contributed by atoms with Crippen molar-refractivity contribution in [3.05, 3.63) is 34.9 Å². The van der Waals surface area contributed by atoms with Crippen LogP contribution < -0.4 is 10.6 Å². The van der Waals surface area contributed by atoms with Crippen molar-refractivity contribution >= 4 is 17.5 Å². The van der Waals surface area contributed by atoms with E-state index in [4.69, 9.17) is 11.6 Å². The van der Waals surface area contributed by atoms with E-state index in [0.29, 0.717) is 17.4 Å². The molecule has 1 fully saturated rings. The summed E-state index contributed by atoms with van der Waals surface area (Å²) in [5.74, 6) is 0.634.